The molecule has 0 bridgehead atoms. The van der Waals surface area contributed by atoms with Gasteiger partial charge in [-0.05, 0) is 96.1 Å². The zero-order chi connectivity index (χ0) is 37.4. The normalized spacial score (nSPS) is 12.1. The maximum Gasteiger partial charge on any atom is 0.220 e. The lowest BCUT2D eigenvalue weighted by molar-refractivity contribution is 0.484. The summed E-state index contributed by atoms with van der Waals surface area (Å²) in [5.74, 6) is 3.89. The molecule has 0 fully saturated rings. The van der Waals surface area contributed by atoms with Crippen LogP contribution in [-0.2, 0) is 0 Å². The van der Waals surface area contributed by atoms with Gasteiger partial charge in [-0.2, -0.15) is 0 Å². The van der Waals surface area contributed by atoms with Gasteiger partial charge >= 0.3 is 0 Å². The Morgan fingerprint density at radius 2 is 1.04 bits per heavy atom. The number of para-hydroxylation sites is 5. The van der Waals surface area contributed by atoms with E-state index in [1.54, 1.807) is 0 Å². The molecule has 4 heterocycles. The monoisotopic (exact) mass is 715 g/mol. The van der Waals surface area contributed by atoms with Crippen LogP contribution >= 0.6 is 0 Å². The molecule has 10 rings (SSSR count). The summed E-state index contributed by atoms with van der Waals surface area (Å²) in [6.45, 7) is 11.2. The number of aromatic nitrogens is 5. The van der Waals surface area contributed by atoms with Crippen LogP contribution in [0.5, 0.6) is 11.5 Å². The second kappa shape index (κ2) is 12.7. The molecule has 0 aliphatic carbocycles. The minimum atomic E-state index is 0.318. The van der Waals surface area contributed by atoms with Crippen LogP contribution in [-0.4, -0.2) is 23.7 Å². The maximum absolute atomic E-state index is 6.79. The zero-order valence-electron chi connectivity index (χ0n) is 31.7. The predicted molar refractivity (Wildman–Crippen MR) is 227 cm³/mol. The number of benzene rings is 6. The molecule has 0 saturated carbocycles. The van der Waals surface area contributed by atoms with Crippen LogP contribution < -0.4 is 4.74 Å². The Balaban J connectivity index is 1.19. The molecule has 0 aliphatic rings. The third-order valence-electron chi connectivity index (χ3n) is 11.0. The number of pyridine rings is 1. The molecule has 0 amide bonds. The van der Waals surface area contributed by atoms with Crippen LogP contribution in [0, 0.1) is 6.92 Å². The van der Waals surface area contributed by atoms with Gasteiger partial charge in [0.2, 0.25) is 5.95 Å². The number of fused-ring (bicyclic) bond motifs is 7. The first-order chi connectivity index (χ1) is 26.9. The second-order valence-electron chi connectivity index (χ2n) is 15.2. The van der Waals surface area contributed by atoms with Crippen molar-refractivity contribution in [3.05, 3.63) is 162 Å². The molecule has 55 heavy (non-hydrogen) atoms. The molecule has 0 N–H and O–H groups in total. The highest BCUT2D eigenvalue weighted by atomic mass is 16.5. The van der Waals surface area contributed by atoms with Gasteiger partial charge in [0.05, 0.1) is 38.8 Å². The van der Waals surface area contributed by atoms with Crippen molar-refractivity contribution in [3.63, 3.8) is 0 Å². The van der Waals surface area contributed by atoms with E-state index in [2.05, 4.69) is 182 Å². The molecule has 6 nitrogen and oxygen atoms in total. The van der Waals surface area contributed by atoms with Gasteiger partial charge in [-0.3, -0.25) is 13.7 Å². The molecule has 268 valence electrons. The van der Waals surface area contributed by atoms with E-state index in [1.807, 2.05) is 12.3 Å². The van der Waals surface area contributed by atoms with Crippen LogP contribution in [0.4, 0.5) is 0 Å². The van der Waals surface area contributed by atoms with Gasteiger partial charge in [-0.25, -0.2) is 9.97 Å². The molecule has 0 atom stereocenters. The summed E-state index contributed by atoms with van der Waals surface area (Å²) in [4.78, 5) is 10.2. The van der Waals surface area contributed by atoms with Gasteiger partial charge in [-0.1, -0.05) is 94.4 Å². The summed E-state index contributed by atoms with van der Waals surface area (Å²) in [7, 11) is 0. The first kappa shape index (κ1) is 32.9. The predicted octanol–water partition coefficient (Wildman–Crippen LogP) is 13.0. The van der Waals surface area contributed by atoms with E-state index in [0.29, 0.717) is 11.8 Å². The summed E-state index contributed by atoms with van der Waals surface area (Å²) in [6, 6.07) is 49.3. The van der Waals surface area contributed by atoms with Gasteiger partial charge in [0.25, 0.3) is 0 Å². The molecular formula is C49H41N5O. The van der Waals surface area contributed by atoms with E-state index in [9.17, 15) is 0 Å². The van der Waals surface area contributed by atoms with Gasteiger partial charge in [-0.15, -0.1) is 0 Å². The van der Waals surface area contributed by atoms with Crippen LogP contribution in [0.25, 0.3) is 72.1 Å². The van der Waals surface area contributed by atoms with Crippen LogP contribution in [0.3, 0.4) is 0 Å². The highest BCUT2D eigenvalue weighted by Gasteiger charge is 2.25. The Hall–Kier alpha value is -6.66. The Morgan fingerprint density at radius 3 is 1.65 bits per heavy atom. The fourth-order valence-corrected chi connectivity index (χ4v) is 8.42. The molecule has 0 unspecified atom stereocenters. The average Bonchev–Trinajstić information content (AvgIpc) is 3.84. The molecule has 0 saturated heterocycles. The zero-order valence-corrected chi connectivity index (χ0v) is 31.7. The van der Waals surface area contributed by atoms with Crippen molar-refractivity contribution in [1.82, 2.24) is 23.7 Å². The lowest BCUT2D eigenvalue weighted by atomic mass is 9.92. The van der Waals surface area contributed by atoms with Crippen molar-refractivity contribution in [1.29, 1.82) is 0 Å². The fraction of sp³-hybridized carbons (Fsp3) is 0.143. The third kappa shape index (κ3) is 5.24. The van der Waals surface area contributed by atoms with E-state index in [0.717, 1.165) is 72.7 Å². The number of rotatable bonds is 7. The molecule has 0 aliphatic heterocycles. The van der Waals surface area contributed by atoms with Crippen molar-refractivity contribution in [2.75, 3.05) is 0 Å². The van der Waals surface area contributed by atoms with Crippen molar-refractivity contribution in [2.45, 2.75) is 46.5 Å². The number of aryl methyl sites for hydroxylation is 1. The second-order valence-corrected chi connectivity index (χ2v) is 15.2. The summed E-state index contributed by atoms with van der Waals surface area (Å²) in [5, 5.41) is 4.65. The van der Waals surface area contributed by atoms with Gasteiger partial charge in [0.15, 0.2) is 0 Å². The summed E-state index contributed by atoms with van der Waals surface area (Å²) in [6.07, 6.45) is 1.87. The molecule has 0 radical (unpaired) electrons. The number of imidazole rings is 1. The Labute approximate surface area is 319 Å². The summed E-state index contributed by atoms with van der Waals surface area (Å²) < 4.78 is 13.7. The SMILES string of the molecule is Cc1ccnc(-n2c3ccccc3c3ccc(Oc4ccc5c6ccccc6n(-c6nc7ccccc7n6-c6c(C(C)C)cccc6C(C)C)c5c4)cc32)c1. The van der Waals surface area contributed by atoms with Gasteiger partial charge in [0.1, 0.15) is 17.3 Å². The van der Waals surface area contributed by atoms with E-state index < -0.39 is 0 Å². The molecule has 6 aromatic carbocycles. The van der Waals surface area contributed by atoms with Crippen LogP contribution in [0.1, 0.15) is 56.2 Å². The molecule has 4 aromatic heterocycles. The molecule has 0 spiro atoms. The lowest BCUT2D eigenvalue weighted by Gasteiger charge is -2.23. The number of nitrogens with zero attached hydrogens (tertiary/aromatic N) is 5. The van der Waals surface area contributed by atoms with Crippen molar-refractivity contribution in [2.24, 2.45) is 0 Å². The average molecular weight is 716 g/mol. The molecule has 10 aromatic rings. The topological polar surface area (TPSA) is 49.8 Å². The number of ether oxygens (including phenoxy) is 1. The van der Waals surface area contributed by atoms with E-state index in [-0.39, 0.29) is 0 Å². The fourth-order valence-electron chi connectivity index (χ4n) is 8.42. The number of hydrogen-bond donors (Lipinski definition) is 0. The Kier molecular flexibility index (Phi) is 7.63. The van der Waals surface area contributed by atoms with Crippen molar-refractivity contribution < 1.29 is 4.74 Å². The maximum atomic E-state index is 6.79. The van der Waals surface area contributed by atoms with E-state index >= 15 is 0 Å². The summed E-state index contributed by atoms with van der Waals surface area (Å²) >= 11 is 0. The minimum Gasteiger partial charge on any atom is -0.457 e. The third-order valence-corrected chi connectivity index (χ3v) is 11.0. The quantitative estimate of drug-likeness (QED) is 0.165. The summed E-state index contributed by atoms with van der Waals surface area (Å²) in [5.41, 5.74) is 11.3. The van der Waals surface area contributed by atoms with Crippen molar-refractivity contribution in [3.8, 4) is 29.0 Å². The molecular weight excluding hydrogens is 675 g/mol. The van der Waals surface area contributed by atoms with E-state index in [4.69, 9.17) is 14.7 Å². The highest BCUT2D eigenvalue weighted by Crippen LogP contribution is 2.41. The van der Waals surface area contributed by atoms with Crippen molar-refractivity contribution >= 4 is 54.6 Å². The van der Waals surface area contributed by atoms with Gasteiger partial charge in [0, 0.05) is 39.9 Å². The van der Waals surface area contributed by atoms with Crippen LogP contribution in [0.15, 0.2) is 146 Å². The van der Waals surface area contributed by atoms with Crippen LogP contribution in [0.2, 0.25) is 0 Å². The Bertz CT molecular complexity index is 3080. The standard InChI is InChI=1S/C49H41N5O/c1-30(2)35-15-12-16-36(31(3)4)48(35)54-44-20-11-8-17-41(44)51-49(54)53-43-19-10-7-14-38(43)40-24-22-34(29-46(40)53)55-33-21-23-39-37-13-6-9-18-42(37)52(45(39)28-33)47-27-32(5)25-26-50-47/h6-31H,1-5H3. The first-order valence-corrected chi connectivity index (χ1v) is 19.1. The van der Waals surface area contributed by atoms with Gasteiger partial charge < -0.3 is 4.74 Å². The number of hydrogen-bond acceptors (Lipinski definition) is 3. The lowest BCUT2D eigenvalue weighted by Crippen LogP contribution is -2.11. The van der Waals surface area contributed by atoms with E-state index in [1.165, 1.54) is 27.6 Å². The highest BCUT2D eigenvalue weighted by molar-refractivity contribution is 6.10. The first-order valence-electron chi connectivity index (χ1n) is 19.1. The largest absolute Gasteiger partial charge is 0.457 e. The molecule has 6 heteroatoms. The smallest absolute Gasteiger partial charge is 0.220 e. The minimum absolute atomic E-state index is 0.318. The Morgan fingerprint density at radius 1 is 0.491 bits per heavy atom.